The lowest BCUT2D eigenvalue weighted by Crippen LogP contribution is -2.13. The van der Waals surface area contributed by atoms with E-state index in [9.17, 15) is 0 Å². The van der Waals surface area contributed by atoms with Crippen molar-refractivity contribution in [3.8, 4) is 5.75 Å². The van der Waals surface area contributed by atoms with Crippen molar-refractivity contribution in [1.82, 2.24) is 5.32 Å². The van der Waals surface area contributed by atoms with Gasteiger partial charge < -0.3 is 15.2 Å². The van der Waals surface area contributed by atoms with Crippen LogP contribution in [0.25, 0.3) is 0 Å². The molecule has 0 fully saturated rings. The molecule has 84 valence electrons. The van der Waals surface area contributed by atoms with E-state index in [0.717, 1.165) is 25.3 Å². The third kappa shape index (κ3) is 4.81. The average molecular weight is 209 g/mol. The van der Waals surface area contributed by atoms with Gasteiger partial charge in [-0.25, -0.2) is 0 Å². The second-order valence-corrected chi connectivity index (χ2v) is 3.39. The predicted octanol–water partition coefficient (Wildman–Crippen LogP) is 1.56. The van der Waals surface area contributed by atoms with Crippen LogP contribution in [0.4, 0.5) is 0 Å². The summed E-state index contributed by atoms with van der Waals surface area (Å²) in [6, 6.07) is 7.93. The molecule has 1 aromatic rings. The number of hydrogen-bond acceptors (Lipinski definition) is 3. The van der Waals surface area contributed by atoms with Crippen LogP contribution >= 0.6 is 0 Å². The highest BCUT2D eigenvalue weighted by Crippen LogP contribution is 2.11. The van der Waals surface area contributed by atoms with Gasteiger partial charge >= 0.3 is 0 Å². The maximum atomic E-state index is 8.59. The highest BCUT2D eigenvalue weighted by atomic mass is 16.5. The van der Waals surface area contributed by atoms with Gasteiger partial charge in [-0.15, -0.1) is 0 Å². The second-order valence-electron chi connectivity index (χ2n) is 3.39. The molecule has 1 aromatic carbocycles. The molecule has 1 rings (SSSR count). The van der Waals surface area contributed by atoms with Crippen molar-refractivity contribution in [2.75, 3.05) is 19.8 Å². The summed E-state index contributed by atoms with van der Waals surface area (Å²) in [4.78, 5) is 0. The van der Waals surface area contributed by atoms with Gasteiger partial charge in [0.25, 0.3) is 0 Å². The number of aliphatic hydroxyl groups excluding tert-OH is 1. The van der Waals surface area contributed by atoms with Crippen molar-refractivity contribution in [1.29, 1.82) is 0 Å². The van der Waals surface area contributed by atoms with Crippen LogP contribution in [0.2, 0.25) is 0 Å². The largest absolute Gasteiger partial charge is 0.491 e. The van der Waals surface area contributed by atoms with E-state index in [0.29, 0.717) is 6.61 Å². The highest BCUT2D eigenvalue weighted by Gasteiger charge is 1.94. The van der Waals surface area contributed by atoms with Gasteiger partial charge in [-0.3, -0.25) is 0 Å². The number of nitrogens with one attached hydrogen (secondary N) is 1. The van der Waals surface area contributed by atoms with Gasteiger partial charge in [-0.2, -0.15) is 0 Å². The maximum absolute atomic E-state index is 8.59. The van der Waals surface area contributed by atoms with Crippen LogP contribution < -0.4 is 10.1 Å². The molecule has 0 aliphatic carbocycles. The fraction of sp³-hybridized carbons (Fsp3) is 0.500. The van der Waals surface area contributed by atoms with E-state index in [2.05, 4.69) is 12.2 Å². The molecule has 0 spiro atoms. The van der Waals surface area contributed by atoms with E-state index in [4.69, 9.17) is 9.84 Å². The van der Waals surface area contributed by atoms with E-state index in [1.54, 1.807) is 0 Å². The Bertz CT molecular complexity index is 259. The minimum Gasteiger partial charge on any atom is -0.491 e. The third-order valence-corrected chi connectivity index (χ3v) is 2.04. The van der Waals surface area contributed by atoms with E-state index >= 15 is 0 Å². The first kappa shape index (κ1) is 12.0. The Morgan fingerprint density at radius 1 is 1.27 bits per heavy atom. The van der Waals surface area contributed by atoms with Crippen LogP contribution in [0.15, 0.2) is 24.3 Å². The van der Waals surface area contributed by atoms with E-state index < -0.39 is 0 Å². The fourth-order valence-electron chi connectivity index (χ4n) is 1.28. The highest BCUT2D eigenvalue weighted by molar-refractivity contribution is 5.27. The standard InChI is InChI=1S/C12H19NO2/c1-2-7-13-10-11-3-5-12(6-4-11)15-9-8-14/h3-6,13-14H,2,7-10H2,1H3. The van der Waals surface area contributed by atoms with Gasteiger partial charge in [0.15, 0.2) is 0 Å². The third-order valence-electron chi connectivity index (χ3n) is 2.04. The zero-order valence-corrected chi connectivity index (χ0v) is 9.20. The molecule has 0 atom stereocenters. The van der Waals surface area contributed by atoms with E-state index in [1.807, 2.05) is 24.3 Å². The molecular formula is C12H19NO2. The number of aliphatic hydroxyl groups is 1. The molecule has 0 heterocycles. The second kappa shape index (κ2) is 7.26. The summed E-state index contributed by atoms with van der Waals surface area (Å²) in [6.07, 6.45) is 1.15. The van der Waals surface area contributed by atoms with Crippen molar-refractivity contribution in [3.63, 3.8) is 0 Å². The Morgan fingerprint density at radius 3 is 2.60 bits per heavy atom. The Hall–Kier alpha value is -1.06. The zero-order chi connectivity index (χ0) is 10.9. The lowest BCUT2D eigenvalue weighted by molar-refractivity contribution is 0.201. The first-order chi connectivity index (χ1) is 7.36. The molecule has 3 heteroatoms. The molecule has 15 heavy (non-hydrogen) atoms. The Morgan fingerprint density at radius 2 is 2.00 bits per heavy atom. The monoisotopic (exact) mass is 209 g/mol. The molecule has 0 unspecified atom stereocenters. The van der Waals surface area contributed by atoms with E-state index in [-0.39, 0.29) is 6.61 Å². The molecule has 0 saturated carbocycles. The molecule has 0 bridgehead atoms. The summed E-state index contributed by atoms with van der Waals surface area (Å²) in [5.74, 6) is 0.809. The summed E-state index contributed by atoms with van der Waals surface area (Å²) >= 11 is 0. The van der Waals surface area contributed by atoms with Gasteiger partial charge in [0.05, 0.1) is 6.61 Å². The molecule has 2 N–H and O–H groups in total. The summed E-state index contributed by atoms with van der Waals surface area (Å²) in [5.41, 5.74) is 1.25. The molecule has 0 aliphatic heterocycles. The van der Waals surface area contributed by atoms with Gasteiger partial charge in [-0.05, 0) is 30.7 Å². The van der Waals surface area contributed by atoms with Crippen LogP contribution in [-0.2, 0) is 6.54 Å². The first-order valence-corrected chi connectivity index (χ1v) is 5.40. The number of rotatable bonds is 7. The molecule has 0 amide bonds. The van der Waals surface area contributed by atoms with Crippen LogP contribution in [-0.4, -0.2) is 24.9 Å². The molecule has 0 radical (unpaired) electrons. The molecule has 3 nitrogen and oxygen atoms in total. The zero-order valence-electron chi connectivity index (χ0n) is 9.20. The number of ether oxygens (including phenoxy) is 1. The number of benzene rings is 1. The lowest BCUT2D eigenvalue weighted by atomic mass is 10.2. The Kier molecular flexibility index (Phi) is 5.81. The SMILES string of the molecule is CCCNCc1ccc(OCCO)cc1. The summed E-state index contributed by atoms with van der Waals surface area (Å²) < 4.78 is 5.27. The molecule has 0 saturated heterocycles. The summed E-state index contributed by atoms with van der Waals surface area (Å²) in [7, 11) is 0. The maximum Gasteiger partial charge on any atom is 0.119 e. The van der Waals surface area contributed by atoms with Gasteiger partial charge in [0.2, 0.25) is 0 Å². The lowest BCUT2D eigenvalue weighted by Gasteiger charge is -2.06. The van der Waals surface area contributed by atoms with Crippen molar-refractivity contribution >= 4 is 0 Å². The topological polar surface area (TPSA) is 41.5 Å². The van der Waals surface area contributed by atoms with Crippen LogP contribution in [0.1, 0.15) is 18.9 Å². The van der Waals surface area contributed by atoms with Crippen molar-refractivity contribution in [3.05, 3.63) is 29.8 Å². The fourth-order valence-corrected chi connectivity index (χ4v) is 1.28. The summed E-state index contributed by atoms with van der Waals surface area (Å²) in [5, 5.41) is 11.9. The summed E-state index contributed by atoms with van der Waals surface area (Å²) in [6.45, 7) is 4.50. The van der Waals surface area contributed by atoms with Crippen LogP contribution in [0, 0.1) is 0 Å². The smallest absolute Gasteiger partial charge is 0.119 e. The van der Waals surface area contributed by atoms with E-state index in [1.165, 1.54) is 5.56 Å². The van der Waals surface area contributed by atoms with Crippen molar-refractivity contribution in [2.45, 2.75) is 19.9 Å². The molecule has 0 aliphatic rings. The normalized spacial score (nSPS) is 10.3. The van der Waals surface area contributed by atoms with Crippen LogP contribution in [0.5, 0.6) is 5.75 Å². The molecular weight excluding hydrogens is 190 g/mol. The Labute approximate surface area is 91.1 Å². The van der Waals surface area contributed by atoms with Gasteiger partial charge in [0.1, 0.15) is 12.4 Å². The average Bonchev–Trinajstić information content (AvgIpc) is 2.28. The Balaban J connectivity index is 2.35. The minimum atomic E-state index is 0.0554. The quantitative estimate of drug-likeness (QED) is 0.670. The van der Waals surface area contributed by atoms with Gasteiger partial charge in [0, 0.05) is 6.54 Å². The minimum absolute atomic E-state index is 0.0554. The van der Waals surface area contributed by atoms with Crippen molar-refractivity contribution < 1.29 is 9.84 Å². The molecule has 0 aromatic heterocycles. The first-order valence-electron chi connectivity index (χ1n) is 5.40. The predicted molar refractivity (Wildman–Crippen MR) is 61.0 cm³/mol. The van der Waals surface area contributed by atoms with Crippen LogP contribution in [0.3, 0.4) is 0 Å². The van der Waals surface area contributed by atoms with Gasteiger partial charge in [-0.1, -0.05) is 19.1 Å². The number of hydrogen-bond donors (Lipinski definition) is 2. The van der Waals surface area contributed by atoms with Crippen molar-refractivity contribution in [2.24, 2.45) is 0 Å².